The smallest absolute Gasteiger partial charge is 0.246 e. The van der Waals surface area contributed by atoms with Crippen LogP contribution in [0, 0.1) is 0 Å². The molecule has 0 aliphatic rings. The van der Waals surface area contributed by atoms with Gasteiger partial charge in [-0.3, -0.25) is 4.79 Å². The highest BCUT2D eigenvalue weighted by Crippen LogP contribution is 2.20. The second-order valence-corrected chi connectivity index (χ2v) is 5.92. The molecule has 1 aromatic carbocycles. The molecule has 106 valence electrons. The third-order valence-electron chi connectivity index (χ3n) is 2.63. The summed E-state index contributed by atoms with van der Waals surface area (Å²) >= 11 is 5.97. The topological polar surface area (TPSA) is 38.3 Å². The highest BCUT2D eigenvalue weighted by Gasteiger charge is 2.16. The van der Waals surface area contributed by atoms with Crippen molar-refractivity contribution in [1.29, 1.82) is 0 Å². The summed E-state index contributed by atoms with van der Waals surface area (Å²) in [6, 6.07) is 7.52. The number of carbonyl (C=O) groups excluding carboxylic acids is 1. The molecule has 0 bridgehead atoms. The molecule has 1 rings (SSSR count). The molecule has 1 amide bonds. The average Bonchev–Trinajstić information content (AvgIpc) is 2.32. The minimum atomic E-state index is -0.310. The summed E-state index contributed by atoms with van der Waals surface area (Å²) in [5.41, 5.74) is 0.703. The van der Waals surface area contributed by atoms with E-state index < -0.39 is 0 Å². The van der Waals surface area contributed by atoms with Crippen LogP contribution in [0.25, 0.3) is 0 Å². The molecule has 0 fully saturated rings. The molecule has 0 saturated carbocycles. The fraction of sp³-hybridized carbons (Fsp3) is 0.533. The monoisotopic (exact) mass is 283 g/mol. The van der Waals surface area contributed by atoms with Crippen LogP contribution < -0.4 is 5.32 Å². The largest absolute Gasteiger partial charge is 0.366 e. The molecule has 1 atom stereocenters. The standard InChI is InChI=1S/C15H22ClNO2/c1-5-13(11-7-6-8-12(16)9-11)17-14(18)10-19-15(2,3)4/h6-9,13H,5,10H2,1-4H3,(H,17,18). The molecule has 4 heteroatoms. The molecule has 0 aromatic heterocycles. The maximum atomic E-state index is 11.8. The Morgan fingerprint density at radius 1 is 1.42 bits per heavy atom. The Hall–Kier alpha value is -1.06. The lowest BCUT2D eigenvalue weighted by Crippen LogP contribution is -2.34. The molecule has 1 N–H and O–H groups in total. The van der Waals surface area contributed by atoms with Crippen molar-refractivity contribution >= 4 is 17.5 Å². The Kier molecular flexibility index (Phi) is 5.83. The van der Waals surface area contributed by atoms with Crippen LogP contribution in [0.5, 0.6) is 0 Å². The molecule has 0 spiro atoms. The van der Waals surface area contributed by atoms with Gasteiger partial charge in [-0.05, 0) is 44.9 Å². The van der Waals surface area contributed by atoms with Crippen LogP contribution in [-0.4, -0.2) is 18.1 Å². The number of hydrogen-bond donors (Lipinski definition) is 1. The van der Waals surface area contributed by atoms with Crippen LogP contribution in [0.2, 0.25) is 5.02 Å². The first-order chi connectivity index (χ1) is 8.81. The summed E-state index contributed by atoms with van der Waals surface area (Å²) in [4.78, 5) is 11.8. The van der Waals surface area contributed by atoms with Crippen molar-refractivity contribution in [2.75, 3.05) is 6.61 Å². The highest BCUT2D eigenvalue weighted by atomic mass is 35.5. The van der Waals surface area contributed by atoms with E-state index in [1.807, 2.05) is 52.0 Å². The second kappa shape index (κ2) is 6.92. The lowest BCUT2D eigenvalue weighted by atomic mass is 10.0. The first-order valence-electron chi connectivity index (χ1n) is 6.50. The lowest BCUT2D eigenvalue weighted by Gasteiger charge is -2.21. The van der Waals surface area contributed by atoms with E-state index in [1.54, 1.807) is 0 Å². The van der Waals surface area contributed by atoms with Gasteiger partial charge in [-0.25, -0.2) is 0 Å². The summed E-state index contributed by atoms with van der Waals surface area (Å²) in [6.07, 6.45) is 0.807. The van der Waals surface area contributed by atoms with Crippen molar-refractivity contribution in [2.45, 2.75) is 45.8 Å². The third kappa shape index (κ3) is 6.08. The van der Waals surface area contributed by atoms with Crippen molar-refractivity contribution in [1.82, 2.24) is 5.32 Å². The van der Waals surface area contributed by atoms with Crippen molar-refractivity contribution in [3.05, 3.63) is 34.9 Å². The molecule has 1 aromatic rings. The molecule has 0 aliphatic heterocycles. The van der Waals surface area contributed by atoms with Crippen LogP contribution >= 0.6 is 11.6 Å². The minimum absolute atomic E-state index is 0.0326. The SMILES string of the molecule is CCC(NC(=O)COC(C)(C)C)c1cccc(Cl)c1. The van der Waals surface area contributed by atoms with E-state index in [-0.39, 0.29) is 24.2 Å². The van der Waals surface area contributed by atoms with Gasteiger partial charge >= 0.3 is 0 Å². The lowest BCUT2D eigenvalue weighted by molar-refractivity contribution is -0.131. The van der Waals surface area contributed by atoms with Crippen molar-refractivity contribution in [3.63, 3.8) is 0 Å². The highest BCUT2D eigenvalue weighted by molar-refractivity contribution is 6.30. The van der Waals surface area contributed by atoms with Crippen molar-refractivity contribution in [2.24, 2.45) is 0 Å². The third-order valence-corrected chi connectivity index (χ3v) is 2.87. The van der Waals surface area contributed by atoms with Gasteiger partial charge in [0.25, 0.3) is 0 Å². The zero-order valence-electron chi connectivity index (χ0n) is 12.0. The van der Waals surface area contributed by atoms with Gasteiger partial charge in [0.05, 0.1) is 11.6 Å². The molecular weight excluding hydrogens is 262 g/mol. The Balaban J connectivity index is 2.60. The molecule has 0 aliphatic carbocycles. The molecule has 0 saturated heterocycles. The number of hydrogen-bond acceptors (Lipinski definition) is 2. The maximum Gasteiger partial charge on any atom is 0.246 e. The van der Waals surface area contributed by atoms with Crippen LogP contribution in [0.4, 0.5) is 0 Å². The van der Waals surface area contributed by atoms with E-state index in [9.17, 15) is 4.79 Å². The van der Waals surface area contributed by atoms with E-state index in [1.165, 1.54) is 0 Å². The quantitative estimate of drug-likeness (QED) is 0.894. The number of ether oxygens (including phenoxy) is 1. The number of carbonyl (C=O) groups is 1. The molecule has 19 heavy (non-hydrogen) atoms. The molecule has 0 heterocycles. The number of halogens is 1. The normalized spacial score (nSPS) is 13.1. The van der Waals surface area contributed by atoms with Gasteiger partial charge in [0.15, 0.2) is 0 Å². The summed E-state index contributed by atoms with van der Waals surface area (Å²) in [6.45, 7) is 7.87. The van der Waals surface area contributed by atoms with Crippen molar-refractivity contribution < 1.29 is 9.53 Å². The van der Waals surface area contributed by atoms with Crippen molar-refractivity contribution in [3.8, 4) is 0 Å². The van der Waals surface area contributed by atoms with E-state index in [4.69, 9.17) is 16.3 Å². The molecular formula is C15H22ClNO2. The van der Waals surface area contributed by atoms with Gasteiger partial charge in [-0.2, -0.15) is 0 Å². The first-order valence-corrected chi connectivity index (χ1v) is 6.88. The predicted octanol–water partition coefficient (Wildman–Crippen LogP) is 3.72. The number of nitrogens with one attached hydrogen (secondary N) is 1. The van der Waals surface area contributed by atoms with Crippen LogP contribution in [0.15, 0.2) is 24.3 Å². The van der Waals surface area contributed by atoms with Gasteiger partial charge in [0.2, 0.25) is 5.91 Å². The van der Waals surface area contributed by atoms with E-state index >= 15 is 0 Å². The van der Waals surface area contributed by atoms with Gasteiger partial charge in [-0.1, -0.05) is 30.7 Å². The zero-order chi connectivity index (χ0) is 14.5. The molecule has 3 nitrogen and oxygen atoms in total. The zero-order valence-corrected chi connectivity index (χ0v) is 12.8. The van der Waals surface area contributed by atoms with Crippen LogP contribution in [0.3, 0.4) is 0 Å². The fourth-order valence-corrected chi connectivity index (χ4v) is 1.86. The summed E-state index contributed by atoms with van der Waals surface area (Å²) in [7, 11) is 0. The van der Waals surface area contributed by atoms with Gasteiger partial charge in [0, 0.05) is 5.02 Å². The van der Waals surface area contributed by atoms with Gasteiger partial charge < -0.3 is 10.1 Å². The maximum absolute atomic E-state index is 11.8. The summed E-state index contributed by atoms with van der Waals surface area (Å²) in [5.74, 6) is -0.109. The second-order valence-electron chi connectivity index (χ2n) is 5.48. The summed E-state index contributed by atoms with van der Waals surface area (Å²) in [5, 5.41) is 3.64. The Morgan fingerprint density at radius 2 is 2.11 bits per heavy atom. The van der Waals surface area contributed by atoms with E-state index in [0.29, 0.717) is 5.02 Å². The predicted molar refractivity (Wildman–Crippen MR) is 78.3 cm³/mol. The van der Waals surface area contributed by atoms with Gasteiger partial charge in [-0.15, -0.1) is 0 Å². The van der Waals surface area contributed by atoms with Crippen LogP contribution in [0.1, 0.15) is 45.7 Å². The summed E-state index contributed by atoms with van der Waals surface area (Å²) < 4.78 is 5.46. The van der Waals surface area contributed by atoms with E-state index in [2.05, 4.69) is 5.32 Å². The number of benzene rings is 1. The van der Waals surface area contributed by atoms with E-state index in [0.717, 1.165) is 12.0 Å². The number of rotatable bonds is 5. The number of amides is 1. The first kappa shape index (κ1) is 16.0. The fourth-order valence-electron chi connectivity index (χ4n) is 1.66. The average molecular weight is 284 g/mol. The Labute approximate surface area is 120 Å². The van der Waals surface area contributed by atoms with Crippen LogP contribution in [-0.2, 0) is 9.53 Å². The van der Waals surface area contributed by atoms with Gasteiger partial charge in [0.1, 0.15) is 6.61 Å². The Bertz CT molecular complexity index is 426. The minimum Gasteiger partial charge on any atom is -0.366 e. The molecule has 0 radical (unpaired) electrons. The molecule has 1 unspecified atom stereocenters. The Morgan fingerprint density at radius 3 is 2.63 bits per heavy atom.